The van der Waals surface area contributed by atoms with Crippen molar-refractivity contribution >= 4 is 27.3 Å². The van der Waals surface area contributed by atoms with E-state index < -0.39 is 0 Å². The molecule has 0 bridgehead atoms. The predicted octanol–water partition coefficient (Wildman–Crippen LogP) is 3.06. The normalized spacial score (nSPS) is 10.6. The fraction of sp³-hybridized carbons (Fsp3) is 0.556. The van der Waals surface area contributed by atoms with Crippen LogP contribution in [0.2, 0.25) is 0 Å². The van der Waals surface area contributed by atoms with Crippen molar-refractivity contribution in [2.24, 2.45) is 0 Å². The van der Waals surface area contributed by atoms with Gasteiger partial charge in [0.1, 0.15) is 0 Å². The highest BCUT2D eigenvalue weighted by Crippen LogP contribution is 2.22. The van der Waals surface area contributed by atoms with Gasteiger partial charge in [-0.2, -0.15) is 0 Å². The van der Waals surface area contributed by atoms with Gasteiger partial charge in [-0.1, -0.05) is 0 Å². The van der Waals surface area contributed by atoms with Gasteiger partial charge < -0.3 is 9.47 Å². The molecule has 0 saturated carbocycles. The minimum absolute atomic E-state index is 0.665. The Balaban J connectivity index is 2.10. The summed E-state index contributed by atoms with van der Waals surface area (Å²) in [7, 11) is 0. The fourth-order valence-electron chi connectivity index (χ4n) is 0.855. The quantitative estimate of drug-likeness (QED) is 0.736. The number of hydrogen-bond donors (Lipinski definition) is 0. The second-order valence-corrected chi connectivity index (χ2v) is 4.30. The third-order valence-corrected chi connectivity index (χ3v) is 3.40. The average Bonchev–Trinajstić information content (AvgIpc) is 2.52. The molecule has 0 unspecified atom stereocenters. The largest absolute Gasteiger partial charge is 0.379 e. The highest BCUT2D eigenvalue weighted by Gasteiger charge is 2.00. The van der Waals surface area contributed by atoms with E-state index in [9.17, 15) is 0 Å². The summed E-state index contributed by atoms with van der Waals surface area (Å²) in [4.78, 5) is 1.23. The molecule has 0 fully saturated rings. The van der Waals surface area contributed by atoms with Crippen LogP contribution in [0.15, 0.2) is 15.9 Å². The molecule has 13 heavy (non-hydrogen) atoms. The lowest BCUT2D eigenvalue weighted by molar-refractivity contribution is 0.0461. The number of thiophene rings is 1. The number of halogens is 1. The fourth-order valence-corrected chi connectivity index (χ4v) is 2.26. The summed E-state index contributed by atoms with van der Waals surface area (Å²) in [5.41, 5.74) is 0. The number of hydrogen-bond acceptors (Lipinski definition) is 3. The zero-order valence-corrected chi connectivity index (χ0v) is 9.99. The SMILES string of the molecule is CCOCCOCc1sccc1Br. The van der Waals surface area contributed by atoms with Crippen LogP contribution in [0.25, 0.3) is 0 Å². The molecule has 0 aromatic carbocycles. The van der Waals surface area contributed by atoms with Crippen LogP contribution in [0, 0.1) is 0 Å². The molecule has 1 heterocycles. The first kappa shape index (κ1) is 11.2. The van der Waals surface area contributed by atoms with Gasteiger partial charge in [-0.3, -0.25) is 0 Å². The zero-order valence-electron chi connectivity index (χ0n) is 7.59. The van der Waals surface area contributed by atoms with Crippen molar-refractivity contribution in [3.63, 3.8) is 0 Å². The molecule has 0 aliphatic heterocycles. The summed E-state index contributed by atoms with van der Waals surface area (Å²) in [6.07, 6.45) is 0. The summed E-state index contributed by atoms with van der Waals surface area (Å²) in [6, 6.07) is 2.03. The summed E-state index contributed by atoms with van der Waals surface area (Å²) in [6.45, 7) is 4.75. The van der Waals surface area contributed by atoms with Gasteiger partial charge in [0.2, 0.25) is 0 Å². The van der Waals surface area contributed by atoms with E-state index in [2.05, 4.69) is 15.9 Å². The monoisotopic (exact) mass is 264 g/mol. The van der Waals surface area contributed by atoms with Crippen LogP contribution in [-0.2, 0) is 16.1 Å². The molecule has 2 nitrogen and oxygen atoms in total. The molecular weight excluding hydrogens is 252 g/mol. The van der Waals surface area contributed by atoms with Crippen LogP contribution in [0.3, 0.4) is 0 Å². The molecule has 1 rings (SSSR count). The first-order valence-corrected chi connectivity index (χ1v) is 5.89. The van der Waals surface area contributed by atoms with Crippen LogP contribution in [0.5, 0.6) is 0 Å². The Morgan fingerprint density at radius 2 is 2.15 bits per heavy atom. The molecule has 0 aliphatic carbocycles. The maximum Gasteiger partial charge on any atom is 0.0821 e. The van der Waals surface area contributed by atoms with Gasteiger partial charge in [0.15, 0.2) is 0 Å². The van der Waals surface area contributed by atoms with Crippen LogP contribution in [0.1, 0.15) is 11.8 Å². The van der Waals surface area contributed by atoms with Gasteiger partial charge in [0, 0.05) is 16.0 Å². The standard InChI is InChI=1S/C9H13BrO2S/c1-2-11-4-5-12-7-9-8(10)3-6-13-9/h3,6H,2,4-5,7H2,1H3. The maximum absolute atomic E-state index is 5.42. The molecule has 0 amide bonds. The van der Waals surface area contributed by atoms with E-state index in [1.54, 1.807) is 11.3 Å². The third kappa shape index (κ3) is 4.22. The molecule has 0 atom stereocenters. The van der Waals surface area contributed by atoms with E-state index in [4.69, 9.17) is 9.47 Å². The van der Waals surface area contributed by atoms with Gasteiger partial charge >= 0.3 is 0 Å². The number of ether oxygens (including phenoxy) is 2. The van der Waals surface area contributed by atoms with Gasteiger partial charge in [-0.15, -0.1) is 11.3 Å². The van der Waals surface area contributed by atoms with Crippen LogP contribution < -0.4 is 0 Å². The van der Waals surface area contributed by atoms with Crippen molar-refractivity contribution < 1.29 is 9.47 Å². The van der Waals surface area contributed by atoms with Gasteiger partial charge in [0.05, 0.1) is 19.8 Å². The Morgan fingerprint density at radius 1 is 1.38 bits per heavy atom. The average molecular weight is 265 g/mol. The molecule has 0 radical (unpaired) electrons. The second kappa shape index (κ2) is 6.54. The molecule has 74 valence electrons. The van der Waals surface area contributed by atoms with Crippen molar-refractivity contribution in [3.8, 4) is 0 Å². The van der Waals surface area contributed by atoms with Gasteiger partial charge in [0.25, 0.3) is 0 Å². The molecule has 0 spiro atoms. The van der Waals surface area contributed by atoms with E-state index in [1.165, 1.54) is 4.88 Å². The second-order valence-electron chi connectivity index (χ2n) is 2.44. The van der Waals surface area contributed by atoms with Gasteiger partial charge in [-0.05, 0) is 34.3 Å². The lowest BCUT2D eigenvalue weighted by Gasteiger charge is -2.02. The lowest BCUT2D eigenvalue weighted by Crippen LogP contribution is -2.03. The smallest absolute Gasteiger partial charge is 0.0821 e. The van der Waals surface area contributed by atoms with Crippen molar-refractivity contribution in [2.75, 3.05) is 19.8 Å². The van der Waals surface area contributed by atoms with Crippen molar-refractivity contribution in [2.45, 2.75) is 13.5 Å². The van der Waals surface area contributed by atoms with Crippen LogP contribution >= 0.6 is 27.3 Å². The van der Waals surface area contributed by atoms with Crippen molar-refractivity contribution in [1.29, 1.82) is 0 Å². The molecule has 4 heteroatoms. The highest BCUT2D eigenvalue weighted by molar-refractivity contribution is 9.10. The molecule has 1 aromatic rings. The first-order chi connectivity index (χ1) is 6.34. The Kier molecular flexibility index (Phi) is 5.62. The molecule has 0 saturated heterocycles. The summed E-state index contributed by atoms with van der Waals surface area (Å²) >= 11 is 5.15. The van der Waals surface area contributed by atoms with E-state index in [-0.39, 0.29) is 0 Å². The van der Waals surface area contributed by atoms with Crippen LogP contribution in [0.4, 0.5) is 0 Å². The summed E-state index contributed by atoms with van der Waals surface area (Å²) in [5.74, 6) is 0. The lowest BCUT2D eigenvalue weighted by atomic mass is 10.5. The first-order valence-electron chi connectivity index (χ1n) is 4.22. The Bertz CT molecular complexity index is 237. The highest BCUT2D eigenvalue weighted by atomic mass is 79.9. The zero-order chi connectivity index (χ0) is 9.52. The summed E-state index contributed by atoms with van der Waals surface area (Å²) < 4.78 is 11.7. The van der Waals surface area contributed by atoms with Crippen molar-refractivity contribution in [1.82, 2.24) is 0 Å². The predicted molar refractivity (Wildman–Crippen MR) is 58.2 cm³/mol. The van der Waals surface area contributed by atoms with E-state index >= 15 is 0 Å². The van der Waals surface area contributed by atoms with E-state index in [0.29, 0.717) is 19.8 Å². The minimum atomic E-state index is 0.665. The van der Waals surface area contributed by atoms with Crippen LogP contribution in [-0.4, -0.2) is 19.8 Å². The molecule has 0 aliphatic rings. The third-order valence-electron chi connectivity index (χ3n) is 1.50. The Hall–Kier alpha value is 0.100. The van der Waals surface area contributed by atoms with E-state index in [1.807, 2.05) is 18.4 Å². The topological polar surface area (TPSA) is 18.5 Å². The minimum Gasteiger partial charge on any atom is -0.379 e. The Labute approximate surface area is 91.0 Å². The van der Waals surface area contributed by atoms with E-state index in [0.717, 1.165) is 11.1 Å². The maximum atomic E-state index is 5.42. The van der Waals surface area contributed by atoms with Crippen molar-refractivity contribution in [3.05, 3.63) is 20.8 Å². The van der Waals surface area contributed by atoms with Gasteiger partial charge in [-0.25, -0.2) is 0 Å². The molecule has 0 N–H and O–H groups in total. The number of rotatable bonds is 6. The summed E-state index contributed by atoms with van der Waals surface area (Å²) in [5, 5.41) is 2.05. The molecule has 1 aromatic heterocycles. The Morgan fingerprint density at radius 3 is 2.77 bits per heavy atom. The molecular formula is C9H13BrO2S.